The Morgan fingerprint density at radius 3 is 2.11 bits per heavy atom. The summed E-state index contributed by atoms with van der Waals surface area (Å²) in [5, 5.41) is 0. The molecule has 2 fully saturated rings. The SMILES string of the molecule is CC(=O)O[C@H]1[C@H](n2ccc(=O)[nH]c2=O)O[C@@H]2C(OC(=O)c3ccccc3)[C@@]21COC(=O)c1ccccc1. The van der Waals surface area contributed by atoms with E-state index in [1.807, 2.05) is 0 Å². The standard InChI is InChI=1S/C26H22N2O9/c1-15(29)35-21-22(28-13-12-18(30)27-25(28)33)36-19-20(37-24(32)17-10-6-3-7-11-17)26(19,21)14-34-23(31)16-8-4-2-5-9-16/h2-13,19-22H,14H2,1H3,(H,27,30,33)/t19-,20?,21+,22-,26-/m1/s1. The predicted molar refractivity (Wildman–Crippen MR) is 126 cm³/mol. The zero-order valence-corrected chi connectivity index (χ0v) is 19.6. The number of nitrogens with zero attached hydrogens (tertiary/aromatic N) is 1. The molecule has 2 heterocycles. The molecular weight excluding hydrogens is 484 g/mol. The van der Waals surface area contributed by atoms with Crippen LogP contribution in [0.4, 0.5) is 0 Å². The molecule has 3 aromatic rings. The van der Waals surface area contributed by atoms with E-state index in [0.717, 1.165) is 10.6 Å². The molecule has 11 nitrogen and oxygen atoms in total. The van der Waals surface area contributed by atoms with E-state index >= 15 is 0 Å². The van der Waals surface area contributed by atoms with Crippen LogP contribution in [0.1, 0.15) is 33.9 Å². The summed E-state index contributed by atoms with van der Waals surface area (Å²) in [6.07, 6.45) is -2.95. The Bertz CT molecular complexity index is 1450. The number of rotatable bonds is 7. The number of hydrogen-bond acceptors (Lipinski definition) is 9. The second-order valence-electron chi connectivity index (χ2n) is 8.74. The third kappa shape index (κ3) is 4.45. The fourth-order valence-electron chi connectivity index (χ4n) is 4.61. The molecule has 1 aromatic heterocycles. The summed E-state index contributed by atoms with van der Waals surface area (Å²) in [6.45, 7) is 0.849. The Balaban J connectivity index is 1.48. The van der Waals surface area contributed by atoms with Gasteiger partial charge in [0.05, 0.1) is 11.1 Å². The van der Waals surface area contributed by atoms with E-state index in [-0.39, 0.29) is 6.61 Å². The van der Waals surface area contributed by atoms with Gasteiger partial charge in [-0.3, -0.25) is 19.1 Å². The first kappa shape index (κ1) is 24.2. The maximum Gasteiger partial charge on any atom is 0.338 e. The van der Waals surface area contributed by atoms with Gasteiger partial charge in [-0.2, -0.15) is 0 Å². The van der Waals surface area contributed by atoms with E-state index in [4.69, 9.17) is 18.9 Å². The molecule has 1 unspecified atom stereocenters. The van der Waals surface area contributed by atoms with Crippen molar-refractivity contribution in [2.45, 2.75) is 31.5 Å². The van der Waals surface area contributed by atoms with Crippen LogP contribution < -0.4 is 11.2 Å². The highest BCUT2D eigenvalue weighted by Crippen LogP contribution is 2.63. The van der Waals surface area contributed by atoms with Crippen molar-refractivity contribution >= 4 is 17.9 Å². The normalized spacial score (nSPS) is 25.5. The fourth-order valence-corrected chi connectivity index (χ4v) is 4.61. The monoisotopic (exact) mass is 506 g/mol. The maximum absolute atomic E-state index is 12.8. The van der Waals surface area contributed by atoms with Crippen LogP contribution in [0.2, 0.25) is 0 Å². The number of aromatic nitrogens is 2. The number of benzene rings is 2. The van der Waals surface area contributed by atoms with Crippen LogP contribution >= 0.6 is 0 Å². The Kier molecular flexibility index (Phi) is 6.22. The first-order valence-electron chi connectivity index (χ1n) is 11.4. The average Bonchev–Trinajstić information content (AvgIpc) is 3.37. The van der Waals surface area contributed by atoms with Crippen LogP contribution in [0.15, 0.2) is 82.5 Å². The van der Waals surface area contributed by atoms with E-state index in [0.29, 0.717) is 11.1 Å². The minimum absolute atomic E-state index is 0.293. The van der Waals surface area contributed by atoms with Gasteiger partial charge >= 0.3 is 23.6 Å². The molecular formula is C26H22N2O9. The molecule has 5 atom stereocenters. The lowest BCUT2D eigenvalue weighted by Gasteiger charge is -2.29. The number of fused-ring (bicyclic) bond motifs is 1. The quantitative estimate of drug-likeness (QED) is 0.372. The number of H-pyrrole nitrogens is 1. The van der Waals surface area contributed by atoms with Crippen LogP contribution in [0.25, 0.3) is 0 Å². The van der Waals surface area contributed by atoms with Gasteiger partial charge in [0.1, 0.15) is 24.2 Å². The summed E-state index contributed by atoms with van der Waals surface area (Å²) in [6, 6.07) is 17.6. The molecule has 0 amide bonds. The number of aromatic amines is 1. The number of nitrogens with one attached hydrogen (secondary N) is 1. The van der Waals surface area contributed by atoms with Crippen LogP contribution in [0.3, 0.4) is 0 Å². The number of carbonyl (C=O) groups excluding carboxylic acids is 3. The van der Waals surface area contributed by atoms with Crippen LogP contribution in [-0.2, 0) is 23.7 Å². The molecule has 1 N–H and O–H groups in total. The van der Waals surface area contributed by atoms with Gasteiger partial charge in [0.25, 0.3) is 5.56 Å². The third-order valence-corrected chi connectivity index (χ3v) is 6.42. The summed E-state index contributed by atoms with van der Waals surface area (Å²) < 4.78 is 24.0. The molecule has 0 radical (unpaired) electrons. The Labute approximate surface area is 209 Å². The topological polar surface area (TPSA) is 143 Å². The Morgan fingerprint density at radius 2 is 1.51 bits per heavy atom. The predicted octanol–water partition coefficient (Wildman–Crippen LogP) is 1.45. The highest BCUT2D eigenvalue weighted by Gasteiger charge is 2.81. The van der Waals surface area contributed by atoms with Gasteiger partial charge in [-0.1, -0.05) is 36.4 Å². The van der Waals surface area contributed by atoms with Crippen molar-refractivity contribution in [1.29, 1.82) is 0 Å². The summed E-state index contributed by atoms with van der Waals surface area (Å²) in [7, 11) is 0. The van der Waals surface area contributed by atoms with Crippen molar-refractivity contribution in [2.75, 3.05) is 6.61 Å². The minimum Gasteiger partial charge on any atom is -0.461 e. The fraction of sp³-hybridized carbons (Fsp3) is 0.269. The number of carbonyl (C=O) groups is 3. The zero-order chi connectivity index (χ0) is 26.2. The zero-order valence-electron chi connectivity index (χ0n) is 19.6. The molecule has 1 saturated carbocycles. The lowest BCUT2D eigenvalue weighted by atomic mass is 9.98. The lowest BCUT2D eigenvalue weighted by Crippen LogP contribution is -2.43. The van der Waals surface area contributed by atoms with Gasteiger partial charge in [-0.15, -0.1) is 0 Å². The van der Waals surface area contributed by atoms with Crippen molar-refractivity contribution in [3.63, 3.8) is 0 Å². The van der Waals surface area contributed by atoms with Gasteiger partial charge in [-0.05, 0) is 24.3 Å². The maximum atomic E-state index is 12.8. The van der Waals surface area contributed by atoms with Crippen LogP contribution in [-0.4, -0.2) is 52.4 Å². The molecule has 2 aromatic carbocycles. The molecule has 0 spiro atoms. The molecule has 1 aliphatic heterocycles. The summed E-state index contributed by atoms with van der Waals surface area (Å²) in [4.78, 5) is 63.8. The van der Waals surface area contributed by atoms with Crippen molar-refractivity contribution < 1.29 is 33.3 Å². The average molecular weight is 506 g/mol. The summed E-state index contributed by atoms with van der Waals surface area (Å²) in [5.41, 5.74) is -2.10. The van der Waals surface area contributed by atoms with E-state index in [2.05, 4.69) is 4.98 Å². The minimum atomic E-state index is -1.29. The molecule has 1 saturated heterocycles. The largest absolute Gasteiger partial charge is 0.461 e. The lowest BCUT2D eigenvalue weighted by molar-refractivity contribution is -0.163. The number of esters is 3. The molecule has 2 aliphatic rings. The molecule has 0 bridgehead atoms. The third-order valence-electron chi connectivity index (χ3n) is 6.42. The van der Waals surface area contributed by atoms with Crippen molar-refractivity contribution in [2.24, 2.45) is 5.41 Å². The van der Waals surface area contributed by atoms with Crippen molar-refractivity contribution in [1.82, 2.24) is 9.55 Å². The second kappa shape index (κ2) is 9.51. The van der Waals surface area contributed by atoms with E-state index in [1.165, 1.54) is 13.1 Å². The van der Waals surface area contributed by atoms with Gasteiger partial charge in [0.15, 0.2) is 12.3 Å². The molecule has 1 aliphatic carbocycles. The number of ether oxygens (including phenoxy) is 4. The molecule has 37 heavy (non-hydrogen) atoms. The Hall–Kier alpha value is -4.51. The second-order valence-corrected chi connectivity index (χ2v) is 8.74. The van der Waals surface area contributed by atoms with Gasteiger partial charge in [-0.25, -0.2) is 14.4 Å². The van der Waals surface area contributed by atoms with Gasteiger partial charge < -0.3 is 18.9 Å². The highest BCUT2D eigenvalue weighted by molar-refractivity contribution is 5.90. The summed E-state index contributed by atoms with van der Waals surface area (Å²) >= 11 is 0. The van der Waals surface area contributed by atoms with Gasteiger partial charge in [0.2, 0.25) is 0 Å². The van der Waals surface area contributed by atoms with E-state index in [1.54, 1.807) is 60.7 Å². The van der Waals surface area contributed by atoms with Crippen LogP contribution in [0.5, 0.6) is 0 Å². The van der Waals surface area contributed by atoms with Crippen molar-refractivity contribution in [3.8, 4) is 0 Å². The first-order chi connectivity index (χ1) is 17.8. The molecule has 11 heteroatoms. The first-order valence-corrected chi connectivity index (χ1v) is 11.4. The van der Waals surface area contributed by atoms with Gasteiger partial charge in [0, 0.05) is 19.2 Å². The highest BCUT2D eigenvalue weighted by atomic mass is 16.6. The van der Waals surface area contributed by atoms with E-state index in [9.17, 15) is 24.0 Å². The molecule has 5 rings (SSSR count). The van der Waals surface area contributed by atoms with E-state index < -0.39 is 59.1 Å². The summed E-state index contributed by atoms with van der Waals surface area (Å²) in [5.74, 6) is -1.97. The Morgan fingerprint density at radius 1 is 0.892 bits per heavy atom. The molecule has 190 valence electrons. The smallest absolute Gasteiger partial charge is 0.338 e. The van der Waals surface area contributed by atoms with Crippen molar-refractivity contribution in [3.05, 3.63) is 105 Å². The van der Waals surface area contributed by atoms with Crippen LogP contribution in [0, 0.1) is 5.41 Å². The number of hydrogen-bond donors (Lipinski definition) is 1.